The number of aliphatic carboxylic acids is 1. The lowest BCUT2D eigenvalue weighted by Crippen LogP contribution is -2.78. The fraction of sp³-hybridized carbons (Fsp3) is 0.750. The van der Waals surface area contributed by atoms with Gasteiger partial charge in [-0.05, 0) is 40.0 Å². The van der Waals surface area contributed by atoms with E-state index in [9.17, 15) is 14.7 Å². The normalized spacial score (nSPS) is 12.3. The maximum atomic E-state index is 11.5. The summed E-state index contributed by atoms with van der Waals surface area (Å²) in [6.45, 7) is 5.62. The monoisotopic (exact) mass is 288 g/mol. The van der Waals surface area contributed by atoms with E-state index in [4.69, 9.17) is 16.2 Å². The number of hydrogen-bond donors (Lipinski definition) is 4. The van der Waals surface area contributed by atoms with Crippen molar-refractivity contribution in [1.29, 1.82) is 0 Å². The third kappa shape index (κ3) is 9.98. The van der Waals surface area contributed by atoms with Gasteiger partial charge in [0.05, 0.1) is 18.6 Å². The number of guanidine groups is 1. The summed E-state index contributed by atoms with van der Waals surface area (Å²) >= 11 is 0. The number of alkyl carbamates (subject to hydrolysis) is 1. The number of rotatable bonds is 7. The van der Waals surface area contributed by atoms with Gasteiger partial charge in [0.15, 0.2) is 0 Å². The quantitative estimate of drug-likeness (QED) is 0.225. The van der Waals surface area contributed by atoms with Crippen LogP contribution in [0.3, 0.4) is 0 Å². The summed E-state index contributed by atoms with van der Waals surface area (Å²) < 4.78 is 4.99. The number of carboxylic acid groups (broad SMARTS) is 1. The molecule has 1 atom stereocenters. The van der Waals surface area contributed by atoms with Crippen LogP contribution in [0.4, 0.5) is 4.79 Å². The predicted molar refractivity (Wildman–Crippen MR) is 71.2 cm³/mol. The molecular weight excluding hydrogens is 264 g/mol. The Morgan fingerprint density at radius 1 is 1.30 bits per heavy atom. The lowest BCUT2D eigenvalue weighted by Gasteiger charge is -2.24. The van der Waals surface area contributed by atoms with Crippen LogP contribution in [0.5, 0.6) is 0 Å². The lowest BCUT2D eigenvalue weighted by atomic mass is 10.1. The Morgan fingerprint density at radius 3 is 2.35 bits per heavy atom. The van der Waals surface area contributed by atoms with Crippen LogP contribution in [-0.4, -0.2) is 36.2 Å². The highest BCUT2D eigenvalue weighted by atomic mass is 16.6. The van der Waals surface area contributed by atoms with Crippen molar-refractivity contribution in [3.05, 3.63) is 0 Å². The first-order chi connectivity index (χ1) is 9.11. The average molecular weight is 288 g/mol. The predicted octanol–water partition coefficient (Wildman–Crippen LogP) is -2.85. The van der Waals surface area contributed by atoms with Gasteiger partial charge in [0.2, 0.25) is 0 Å². The summed E-state index contributed by atoms with van der Waals surface area (Å²) in [5.41, 5.74) is 9.74. The first-order valence-corrected chi connectivity index (χ1v) is 6.44. The van der Waals surface area contributed by atoms with E-state index in [0.717, 1.165) is 0 Å². The molecule has 0 radical (unpaired) electrons. The third-order valence-electron chi connectivity index (χ3n) is 2.22. The molecule has 116 valence electrons. The molecular formula is C12H24N4O4. The molecule has 0 saturated heterocycles. The molecule has 20 heavy (non-hydrogen) atoms. The largest absolute Gasteiger partial charge is 0.548 e. The van der Waals surface area contributed by atoms with Crippen LogP contribution in [-0.2, 0) is 9.53 Å². The second-order valence-electron chi connectivity index (χ2n) is 5.40. The number of ether oxygens (including phenoxy) is 1. The molecule has 0 aliphatic heterocycles. The zero-order chi connectivity index (χ0) is 15.8. The molecule has 0 aliphatic carbocycles. The van der Waals surface area contributed by atoms with E-state index in [1.165, 1.54) is 0 Å². The molecule has 0 heterocycles. The first-order valence-electron chi connectivity index (χ1n) is 6.44. The Morgan fingerprint density at radius 2 is 1.90 bits per heavy atom. The number of nitrogens with one attached hydrogen (secondary N) is 2. The highest BCUT2D eigenvalue weighted by Gasteiger charge is 2.19. The average Bonchev–Trinajstić information content (AvgIpc) is 2.23. The standard InChI is InChI=1S/C12H24N4O4/c1-12(2,3)20-11(19)16-8(9(17)18)6-4-5-7-15-10(13)14/h8H,4-7H2,1-3H3,(H,16,19)(H,17,18)(H4,13,14,15)/t8-/m0/s1. The minimum absolute atomic E-state index is 0.119. The van der Waals surface area contributed by atoms with Crippen molar-refractivity contribution in [3.63, 3.8) is 0 Å². The second-order valence-corrected chi connectivity index (χ2v) is 5.40. The Hall–Kier alpha value is -1.99. The van der Waals surface area contributed by atoms with Crippen molar-refractivity contribution in [2.45, 2.75) is 51.7 Å². The Bertz CT molecular complexity index is 359. The van der Waals surface area contributed by atoms with Crippen LogP contribution in [0.15, 0.2) is 0 Å². The van der Waals surface area contributed by atoms with E-state index >= 15 is 0 Å². The van der Waals surface area contributed by atoms with E-state index in [1.54, 1.807) is 20.8 Å². The summed E-state index contributed by atoms with van der Waals surface area (Å²) in [5.74, 6) is -1.22. The van der Waals surface area contributed by atoms with Gasteiger partial charge in [-0.3, -0.25) is 16.5 Å². The Balaban J connectivity index is 4.15. The molecule has 0 aliphatic rings. The maximum absolute atomic E-state index is 11.5. The number of carbonyl (C=O) groups excluding carboxylic acids is 2. The van der Waals surface area contributed by atoms with Crippen LogP contribution in [0.2, 0.25) is 0 Å². The van der Waals surface area contributed by atoms with Crippen LogP contribution < -0.4 is 26.9 Å². The van der Waals surface area contributed by atoms with Crippen molar-refractivity contribution in [2.24, 2.45) is 11.5 Å². The van der Waals surface area contributed by atoms with E-state index < -0.39 is 23.7 Å². The fourth-order valence-corrected chi connectivity index (χ4v) is 1.40. The van der Waals surface area contributed by atoms with E-state index in [0.29, 0.717) is 19.4 Å². The highest BCUT2D eigenvalue weighted by Crippen LogP contribution is 2.07. The van der Waals surface area contributed by atoms with Gasteiger partial charge in [-0.2, -0.15) is 0 Å². The molecule has 0 bridgehead atoms. The topological polar surface area (TPSA) is 144 Å². The van der Waals surface area contributed by atoms with E-state index in [2.05, 4.69) is 10.3 Å². The van der Waals surface area contributed by atoms with E-state index in [-0.39, 0.29) is 12.4 Å². The zero-order valence-electron chi connectivity index (χ0n) is 12.2. The molecule has 8 heteroatoms. The fourth-order valence-electron chi connectivity index (χ4n) is 1.40. The Kier molecular flexibility index (Phi) is 7.42. The number of amides is 1. The summed E-state index contributed by atoms with van der Waals surface area (Å²) in [5, 5.41) is 13.2. The smallest absolute Gasteiger partial charge is 0.408 e. The SMILES string of the molecule is CC(C)(C)OC(=O)N[C@@H](CCCC[NH+]=C(N)N)C(=O)[O-]. The maximum Gasteiger partial charge on any atom is 0.408 e. The summed E-state index contributed by atoms with van der Waals surface area (Å²) in [6, 6.07) is -1.08. The molecule has 0 aromatic heterocycles. The molecule has 8 nitrogen and oxygen atoms in total. The summed E-state index contributed by atoms with van der Waals surface area (Å²) in [4.78, 5) is 25.1. The summed E-state index contributed by atoms with van der Waals surface area (Å²) in [7, 11) is 0. The molecule has 0 aromatic carbocycles. The molecule has 0 saturated carbocycles. The third-order valence-corrected chi connectivity index (χ3v) is 2.22. The highest BCUT2D eigenvalue weighted by molar-refractivity contribution is 5.78. The van der Waals surface area contributed by atoms with Gasteiger partial charge < -0.3 is 20.0 Å². The molecule has 0 rings (SSSR count). The zero-order valence-corrected chi connectivity index (χ0v) is 12.2. The van der Waals surface area contributed by atoms with Crippen molar-refractivity contribution in [3.8, 4) is 0 Å². The van der Waals surface area contributed by atoms with Gasteiger partial charge in [0, 0.05) is 0 Å². The van der Waals surface area contributed by atoms with Gasteiger partial charge in [-0.15, -0.1) is 0 Å². The van der Waals surface area contributed by atoms with Crippen LogP contribution in [0.25, 0.3) is 0 Å². The van der Waals surface area contributed by atoms with Gasteiger partial charge in [0.1, 0.15) is 5.60 Å². The summed E-state index contributed by atoms with van der Waals surface area (Å²) in [6.07, 6.45) is 0.699. The van der Waals surface area contributed by atoms with Crippen molar-refractivity contribution in [1.82, 2.24) is 5.32 Å². The minimum Gasteiger partial charge on any atom is -0.548 e. The molecule has 1 amide bonds. The van der Waals surface area contributed by atoms with Crippen LogP contribution in [0.1, 0.15) is 40.0 Å². The number of hydrogen-bond acceptors (Lipinski definition) is 4. The number of carbonyl (C=O) groups is 2. The molecule has 0 unspecified atom stereocenters. The number of carboxylic acids is 1. The molecule has 0 spiro atoms. The lowest BCUT2D eigenvalue weighted by molar-refractivity contribution is -0.459. The van der Waals surface area contributed by atoms with Crippen LogP contribution >= 0.6 is 0 Å². The molecule has 0 fully saturated rings. The first kappa shape index (κ1) is 18.0. The molecule has 6 N–H and O–H groups in total. The van der Waals surface area contributed by atoms with Crippen LogP contribution in [0, 0.1) is 0 Å². The molecule has 0 aromatic rings. The van der Waals surface area contributed by atoms with Crippen molar-refractivity contribution >= 4 is 18.0 Å². The van der Waals surface area contributed by atoms with Gasteiger partial charge >= 0.3 is 12.1 Å². The van der Waals surface area contributed by atoms with Crippen molar-refractivity contribution in [2.75, 3.05) is 6.54 Å². The Labute approximate surface area is 118 Å². The van der Waals surface area contributed by atoms with Gasteiger partial charge in [-0.25, -0.2) is 4.79 Å². The van der Waals surface area contributed by atoms with Gasteiger partial charge in [0.25, 0.3) is 0 Å². The van der Waals surface area contributed by atoms with E-state index in [1.807, 2.05) is 0 Å². The second kappa shape index (κ2) is 8.23. The number of nitrogens with two attached hydrogens (primary N) is 2. The van der Waals surface area contributed by atoms with Gasteiger partial charge in [-0.1, -0.05) is 0 Å². The van der Waals surface area contributed by atoms with Crippen molar-refractivity contribution < 1.29 is 24.4 Å². The number of unbranched alkanes of at least 4 members (excludes halogenated alkanes) is 1. The minimum atomic E-state index is -1.34.